The molecule has 0 aliphatic rings. The third kappa shape index (κ3) is 5.53. The zero-order chi connectivity index (χ0) is 33.3. The molecule has 8 aromatic carbocycles. The van der Waals surface area contributed by atoms with Gasteiger partial charge in [0.05, 0.1) is 0 Å². The highest BCUT2D eigenvalue weighted by Crippen LogP contribution is 2.41. The summed E-state index contributed by atoms with van der Waals surface area (Å²) in [5.41, 5.74) is 14.4. The molecule has 50 heavy (non-hydrogen) atoms. The predicted octanol–water partition coefficient (Wildman–Crippen LogP) is 13.7. The van der Waals surface area contributed by atoms with Gasteiger partial charge in [0, 0.05) is 33.4 Å². The Kier molecular flexibility index (Phi) is 7.53. The third-order valence-corrected chi connectivity index (χ3v) is 9.50. The van der Waals surface area contributed by atoms with Crippen LogP contribution in [-0.4, -0.2) is 0 Å². The zero-order valence-corrected chi connectivity index (χ0v) is 27.4. The molecule has 2 heteroatoms. The molecule has 0 aliphatic heterocycles. The zero-order valence-electron chi connectivity index (χ0n) is 27.4. The number of hydrogen-bond acceptors (Lipinski definition) is 2. The number of benzene rings is 8. The number of furan rings is 1. The van der Waals surface area contributed by atoms with Crippen LogP contribution in [0.15, 0.2) is 205 Å². The van der Waals surface area contributed by atoms with Crippen LogP contribution in [0.4, 0.5) is 17.1 Å². The molecule has 9 aromatic rings. The second-order valence-corrected chi connectivity index (χ2v) is 12.6. The first kappa shape index (κ1) is 29.5. The van der Waals surface area contributed by atoms with E-state index < -0.39 is 0 Å². The number of fused-ring (bicyclic) bond motifs is 3. The molecule has 0 fully saturated rings. The van der Waals surface area contributed by atoms with Crippen LogP contribution in [0.5, 0.6) is 0 Å². The largest absolute Gasteiger partial charge is 0.455 e. The summed E-state index contributed by atoms with van der Waals surface area (Å²) < 4.78 is 6.44. The fraction of sp³-hybridized carbons (Fsp3) is 0. The van der Waals surface area contributed by atoms with E-state index in [0.717, 1.165) is 50.1 Å². The molecule has 0 spiro atoms. The highest BCUT2D eigenvalue weighted by atomic mass is 16.3. The fourth-order valence-corrected chi connectivity index (χ4v) is 6.96. The molecule has 0 N–H and O–H groups in total. The fourth-order valence-electron chi connectivity index (χ4n) is 6.96. The Balaban J connectivity index is 1.11. The maximum absolute atomic E-state index is 6.44. The average molecular weight is 640 g/mol. The molecule has 0 radical (unpaired) electrons. The maximum atomic E-state index is 6.44. The summed E-state index contributed by atoms with van der Waals surface area (Å²) in [4.78, 5) is 2.33. The molecule has 0 unspecified atom stereocenters. The van der Waals surface area contributed by atoms with Crippen LogP contribution in [0.25, 0.3) is 66.4 Å². The van der Waals surface area contributed by atoms with Crippen molar-refractivity contribution in [1.82, 2.24) is 0 Å². The molecule has 0 aliphatic carbocycles. The van der Waals surface area contributed by atoms with E-state index in [0.29, 0.717) is 0 Å². The van der Waals surface area contributed by atoms with Crippen LogP contribution in [0.3, 0.4) is 0 Å². The topological polar surface area (TPSA) is 16.4 Å². The molecule has 0 amide bonds. The van der Waals surface area contributed by atoms with E-state index in [1.165, 1.54) is 33.4 Å². The van der Waals surface area contributed by atoms with Gasteiger partial charge in [-0.3, -0.25) is 0 Å². The van der Waals surface area contributed by atoms with Gasteiger partial charge in [-0.2, -0.15) is 0 Å². The molecule has 236 valence electrons. The second kappa shape index (κ2) is 12.8. The van der Waals surface area contributed by atoms with Crippen LogP contribution in [-0.2, 0) is 0 Å². The summed E-state index contributed by atoms with van der Waals surface area (Å²) in [6, 6.07) is 71.0. The first-order valence-electron chi connectivity index (χ1n) is 17.0. The van der Waals surface area contributed by atoms with Crippen LogP contribution >= 0.6 is 0 Å². The molecule has 2 nitrogen and oxygen atoms in total. The minimum atomic E-state index is 0.904. The van der Waals surface area contributed by atoms with Crippen molar-refractivity contribution in [3.05, 3.63) is 200 Å². The second-order valence-electron chi connectivity index (χ2n) is 12.6. The quantitative estimate of drug-likeness (QED) is 0.173. The molecular weight excluding hydrogens is 607 g/mol. The van der Waals surface area contributed by atoms with E-state index in [4.69, 9.17) is 4.42 Å². The SMILES string of the molecule is c1ccc(-c2ccc(-c3ccc(N(c4ccc(-c5ccccc5)cc4)c4cccc(-c5cccc6c5oc5ccccc56)c4)cc3)cc2)cc1. The van der Waals surface area contributed by atoms with Crippen LogP contribution < -0.4 is 4.90 Å². The Morgan fingerprint density at radius 3 is 1.32 bits per heavy atom. The highest BCUT2D eigenvalue weighted by Gasteiger charge is 2.17. The lowest BCUT2D eigenvalue weighted by Gasteiger charge is -2.26. The standard InChI is InChI=1S/C48H33NO/c1-3-11-34(12-4-1)36-21-23-37(24-22-36)39-27-31-42(32-28-39)49(41-29-25-38(26-30-41)35-13-5-2-6-14-35)43-16-9-15-40(33-43)44-18-10-19-46-45-17-7-8-20-47(45)50-48(44)46/h1-33H. The van der Waals surface area contributed by atoms with Crippen molar-refractivity contribution in [3.63, 3.8) is 0 Å². The van der Waals surface area contributed by atoms with Crippen molar-refractivity contribution >= 4 is 39.0 Å². The Hall–Kier alpha value is -6.64. The molecule has 1 aromatic heterocycles. The normalized spacial score (nSPS) is 11.2. The molecule has 0 atom stereocenters. The molecule has 1 heterocycles. The minimum Gasteiger partial charge on any atom is -0.455 e. The highest BCUT2D eigenvalue weighted by molar-refractivity contribution is 6.09. The lowest BCUT2D eigenvalue weighted by molar-refractivity contribution is 0.670. The smallest absolute Gasteiger partial charge is 0.143 e. The van der Waals surface area contributed by atoms with E-state index >= 15 is 0 Å². The Morgan fingerprint density at radius 1 is 0.300 bits per heavy atom. The van der Waals surface area contributed by atoms with E-state index in [1.807, 2.05) is 12.1 Å². The third-order valence-electron chi connectivity index (χ3n) is 9.50. The molecule has 0 saturated carbocycles. The van der Waals surface area contributed by atoms with Crippen LogP contribution in [0.1, 0.15) is 0 Å². The van der Waals surface area contributed by atoms with Gasteiger partial charge < -0.3 is 9.32 Å². The average Bonchev–Trinajstić information content (AvgIpc) is 3.59. The molecule has 0 saturated heterocycles. The van der Waals surface area contributed by atoms with Crippen molar-refractivity contribution < 1.29 is 4.42 Å². The Morgan fingerprint density at radius 2 is 0.740 bits per heavy atom. The number of hydrogen-bond donors (Lipinski definition) is 0. The van der Waals surface area contributed by atoms with Gasteiger partial charge >= 0.3 is 0 Å². The molecule has 9 rings (SSSR count). The molecule has 0 bridgehead atoms. The van der Waals surface area contributed by atoms with E-state index in [-0.39, 0.29) is 0 Å². The first-order chi connectivity index (χ1) is 24.8. The predicted molar refractivity (Wildman–Crippen MR) is 210 cm³/mol. The van der Waals surface area contributed by atoms with E-state index in [1.54, 1.807) is 0 Å². The summed E-state index contributed by atoms with van der Waals surface area (Å²) in [6.45, 7) is 0. The van der Waals surface area contributed by atoms with Gasteiger partial charge in [-0.1, -0.05) is 158 Å². The van der Waals surface area contributed by atoms with E-state index in [9.17, 15) is 0 Å². The minimum absolute atomic E-state index is 0.904. The van der Waals surface area contributed by atoms with Gasteiger partial charge in [0.15, 0.2) is 0 Å². The summed E-state index contributed by atoms with van der Waals surface area (Å²) in [5, 5.41) is 2.26. The van der Waals surface area contributed by atoms with Gasteiger partial charge in [-0.25, -0.2) is 0 Å². The van der Waals surface area contributed by atoms with Crippen molar-refractivity contribution in [1.29, 1.82) is 0 Å². The summed E-state index contributed by atoms with van der Waals surface area (Å²) in [5.74, 6) is 0. The van der Waals surface area contributed by atoms with Gasteiger partial charge in [0.25, 0.3) is 0 Å². The van der Waals surface area contributed by atoms with E-state index in [2.05, 4.69) is 193 Å². The van der Waals surface area contributed by atoms with Crippen molar-refractivity contribution in [2.75, 3.05) is 4.90 Å². The lowest BCUT2D eigenvalue weighted by atomic mass is 9.99. The van der Waals surface area contributed by atoms with Crippen molar-refractivity contribution in [2.24, 2.45) is 0 Å². The Bertz CT molecular complexity index is 2550. The Labute approximate surface area is 292 Å². The summed E-state index contributed by atoms with van der Waals surface area (Å²) in [7, 11) is 0. The lowest BCUT2D eigenvalue weighted by Crippen LogP contribution is -2.10. The number of para-hydroxylation sites is 2. The molecular formula is C48H33NO. The van der Waals surface area contributed by atoms with Gasteiger partial charge in [-0.15, -0.1) is 0 Å². The summed E-state index contributed by atoms with van der Waals surface area (Å²) >= 11 is 0. The summed E-state index contributed by atoms with van der Waals surface area (Å²) in [6.07, 6.45) is 0. The maximum Gasteiger partial charge on any atom is 0.143 e. The van der Waals surface area contributed by atoms with Crippen molar-refractivity contribution in [3.8, 4) is 44.5 Å². The van der Waals surface area contributed by atoms with Gasteiger partial charge in [0.2, 0.25) is 0 Å². The van der Waals surface area contributed by atoms with Crippen LogP contribution in [0, 0.1) is 0 Å². The van der Waals surface area contributed by atoms with Crippen LogP contribution in [0.2, 0.25) is 0 Å². The first-order valence-corrected chi connectivity index (χ1v) is 17.0. The van der Waals surface area contributed by atoms with Crippen molar-refractivity contribution in [2.45, 2.75) is 0 Å². The number of nitrogens with zero attached hydrogens (tertiary/aromatic N) is 1. The number of rotatable bonds is 7. The van der Waals surface area contributed by atoms with Gasteiger partial charge in [-0.05, 0) is 81.4 Å². The monoisotopic (exact) mass is 639 g/mol. The van der Waals surface area contributed by atoms with Gasteiger partial charge in [0.1, 0.15) is 11.2 Å². The number of anilines is 3.